The second-order valence-electron chi connectivity index (χ2n) is 16.2. The Kier molecular flexibility index (Phi) is 7.78. The van der Waals surface area contributed by atoms with E-state index in [2.05, 4.69) is 238 Å². The average molecular weight is 808 g/mol. The first-order valence-corrected chi connectivity index (χ1v) is 22.0. The molecule has 0 aliphatic rings. The van der Waals surface area contributed by atoms with Crippen LogP contribution in [-0.2, 0) is 0 Å². The number of thiophene rings is 1. The molecule has 0 aliphatic heterocycles. The molecule has 0 N–H and O–H groups in total. The van der Waals surface area contributed by atoms with Crippen molar-refractivity contribution in [2.24, 2.45) is 0 Å². The highest BCUT2D eigenvalue weighted by Gasteiger charge is 2.21. The Hall–Kier alpha value is -7.92. The van der Waals surface area contributed by atoms with Gasteiger partial charge in [-0.3, -0.25) is 0 Å². The molecular weight excluding hydrogens is 771 g/mol. The summed E-state index contributed by atoms with van der Waals surface area (Å²) in [7, 11) is 0. The first-order valence-electron chi connectivity index (χ1n) is 21.2. The fourth-order valence-electron chi connectivity index (χ4n) is 9.81. The summed E-state index contributed by atoms with van der Waals surface area (Å²) in [6, 6.07) is 82.4. The zero-order chi connectivity index (χ0) is 40.7. The summed E-state index contributed by atoms with van der Waals surface area (Å²) in [5.74, 6) is 0. The van der Waals surface area contributed by atoms with E-state index in [0.29, 0.717) is 0 Å². The monoisotopic (exact) mass is 807 g/mol. The van der Waals surface area contributed by atoms with Crippen LogP contribution in [0.1, 0.15) is 0 Å². The van der Waals surface area contributed by atoms with Crippen molar-refractivity contribution < 1.29 is 0 Å². The number of aromatic nitrogens is 2. The van der Waals surface area contributed by atoms with Crippen molar-refractivity contribution in [3.05, 3.63) is 224 Å². The molecule has 0 radical (unpaired) electrons. The molecule has 0 saturated heterocycles. The highest BCUT2D eigenvalue weighted by molar-refractivity contribution is 7.25. The molecule has 3 heterocycles. The Morgan fingerprint density at radius 2 is 0.806 bits per heavy atom. The lowest BCUT2D eigenvalue weighted by molar-refractivity contribution is 1.17. The molecule has 4 heteroatoms. The van der Waals surface area contributed by atoms with E-state index in [1.165, 1.54) is 80.2 Å². The van der Waals surface area contributed by atoms with E-state index in [4.69, 9.17) is 0 Å². The highest BCUT2D eigenvalue weighted by atomic mass is 32.1. The van der Waals surface area contributed by atoms with Gasteiger partial charge in [-0.2, -0.15) is 0 Å². The molecule has 0 bridgehead atoms. The van der Waals surface area contributed by atoms with Crippen LogP contribution in [0.4, 0.5) is 17.1 Å². The van der Waals surface area contributed by atoms with Crippen molar-refractivity contribution in [2.75, 3.05) is 4.90 Å². The zero-order valence-electron chi connectivity index (χ0n) is 33.6. The van der Waals surface area contributed by atoms with Gasteiger partial charge in [-0.15, -0.1) is 11.3 Å². The van der Waals surface area contributed by atoms with Crippen LogP contribution < -0.4 is 4.90 Å². The van der Waals surface area contributed by atoms with Gasteiger partial charge in [-0.25, -0.2) is 0 Å². The minimum atomic E-state index is 1.09. The predicted octanol–water partition coefficient (Wildman–Crippen LogP) is 16.5. The van der Waals surface area contributed by atoms with Gasteiger partial charge in [0.1, 0.15) is 0 Å². The van der Waals surface area contributed by atoms with Crippen LogP contribution in [0, 0.1) is 0 Å². The summed E-state index contributed by atoms with van der Waals surface area (Å²) in [4.78, 5) is 2.43. The van der Waals surface area contributed by atoms with Crippen LogP contribution in [0.15, 0.2) is 224 Å². The molecular formula is C58H37N3S. The number of benzene rings is 10. The summed E-state index contributed by atoms with van der Waals surface area (Å²) in [5.41, 5.74) is 12.7. The topological polar surface area (TPSA) is 13.1 Å². The fraction of sp³-hybridized carbons (Fsp3) is 0. The Labute approximate surface area is 362 Å². The Balaban J connectivity index is 1.03. The number of rotatable bonds is 6. The maximum atomic E-state index is 2.43. The van der Waals surface area contributed by atoms with E-state index in [9.17, 15) is 0 Å². The molecule has 3 nitrogen and oxygen atoms in total. The second-order valence-corrected chi connectivity index (χ2v) is 17.3. The van der Waals surface area contributed by atoms with Gasteiger partial charge in [-0.1, -0.05) is 121 Å². The smallest absolute Gasteiger partial charge is 0.0561 e. The summed E-state index contributed by atoms with van der Waals surface area (Å²) < 4.78 is 7.46. The van der Waals surface area contributed by atoms with Crippen molar-refractivity contribution in [3.63, 3.8) is 0 Å². The lowest BCUT2D eigenvalue weighted by atomic mass is 10.0. The predicted molar refractivity (Wildman–Crippen MR) is 266 cm³/mol. The molecule has 13 aromatic rings. The van der Waals surface area contributed by atoms with E-state index in [1.807, 2.05) is 11.3 Å². The van der Waals surface area contributed by atoms with Crippen LogP contribution in [0.5, 0.6) is 0 Å². The minimum absolute atomic E-state index is 1.09. The molecule has 62 heavy (non-hydrogen) atoms. The van der Waals surface area contributed by atoms with Crippen molar-refractivity contribution in [3.8, 4) is 22.5 Å². The zero-order valence-corrected chi connectivity index (χ0v) is 34.4. The highest BCUT2D eigenvalue weighted by Crippen LogP contribution is 2.44. The van der Waals surface area contributed by atoms with E-state index < -0.39 is 0 Å². The maximum absolute atomic E-state index is 2.43. The van der Waals surface area contributed by atoms with Gasteiger partial charge in [0.05, 0.1) is 22.1 Å². The van der Waals surface area contributed by atoms with Gasteiger partial charge in [0.2, 0.25) is 0 Å². The van der Waals surface area contributed by atoms with Crippen LogP contribution in [0.2, 0.25) is 0 Å². The molecule has 0 saturated carbocycles. The van der Waals surface area contributed by atoms with Crippen LogP contribution in [-0.4, -0.2) is 9.13 Å². The average Bonchev–Trinajstić information content (AvgIpc) is 3.99. The van der Waals surface area contributed by atoms with E-state index in [1.54, 1.807) is 0 Å². The number of para-hydroxylation sites is 3. The molecule has 0 aliphatic carbocycles. The van der Waals surface area contributed by atoms with Gasteiger partial charge < -0.3 is 14.0 Å². The van der Waals surface area contributed by atoms with Crippen LogP contribution >= 0.6 is 11.3 Å². The SMILES string of the molecule is c1ccc(-n2c3ccccc3c3cc(N(c4ccc5ccccc5c4)c4ccc5c6cc(-c7ccc8sc9ccccc9c8c7)ccc6n(-c6ccccc6)c5c4)ccc32)cc1. The third-order valence-corrected chi connectivity index (χ3v) is 13.8. The van der Waals surface area contributed by atoms with Gasteiger partial charge in [0.15, 0.2) is 0 Å². The molecule has 0 fully saturated rings. The molecule has 3 aromatic heterocycles. The van der Waals surface area contributed by atoms with Gasteiger partial charge in [0, 0.05) is 70.2 Å². The van der Waals surface area contributed by atoms with Crippen molar-refractivity contribution in [2.45, 2.75) is 0 Å². The Morgan fingerprint density at radius 1 is 0.290 bits per heavy atom. The summed E-state index contributed by atoms with van der Waals surface area (Å²) in [6.07, 6.45) is 0. The van der Waals surface area contributed by atoms with E-state index >= 15 is 0 Å². The quantitative estimate of drug-likeness (QED) is 0.163. The third-order valence-electron chi connectivity index (χ3n) is 12.7. The van der Waals surface area contributed by atoms with Crippen molar-refractivity contribution >= 4 is 103 Å². The number of nitrogens with zero attached hydrogens (tertiary/aromatic N) is 3. The summed E-state index contributed by atoms with van der Waals surface area (Å²) in [6.45, 7) is 0. The molecule has 0 amide bonds. The van der Waals surface area contributed by atoms with Gasteiger partial charge in [-0.05, 0) is 125 Å². The Morgan fingerprint density at radius 3 is 1.61 bits per heavy atom. The molecule has 10 aromatic carbocycles. The lowest BCUT2D eigenvalue weighted by Gasteiger charge is -2.26. The van der Waals surface area contributed by atoms with Crippen molar-refractivity contribution in [1.29, 1.82) is 0 Å². The van der Waals surface area contributed by atoms with E-state index in [-0.39, 0.29) is 0 Å². The molecule has 0 spiro atoms. The van der Waals surface area contributed by atoms with Gasteiger partial charge in [0.25, 0.3) is 0 Å². The van der Waals surface area contributed by atoms with Crippen LogP contribution in [0.3, 0.4) is 0 Å². The maximum Gasteiger partial charge on any atom is 0.0561 e. The largest absolute Gasteiger partial charge is 0.310 e. The first-order chi connectivity index (χ1) is 30.7. The number of hydrogen-bond donors (Lipinski definition) is 0. The second kappa shape index (κ2) is 13.8. The third kappa shape index (κ3) is 5.44. The minimum Gasteiger partial charge on any atom is -0.310 e. The number of fused-ring (bicyclic) bond motifs is 10. The fourth-order valence-corrected chi connectivity index (χ4v) is 10.9. The van der Waals surface area contributed by atoms with Crippen molar-refractivity contribution in [1.82, 2.24) is 9.13 Å². The standard InChI is InChI=1S/C58H37N3S/c1-3-15-42(16-4-1)60-53-21-11-9-19-47(53)51-36-45(28-31-55(51)60)59(44-26-23-38-13-7-8-14-39(38)33-44)46-27-29-48-50-34-40(24-30-54(50)61(56(48)37-46)43-17-5-2-6-18-43)41-25-32-58-52(35-41)49-20-10-12-22-57(49)62-58/h1-37H. The summed E-state index contributed by atoms with van der Waals surface area (Å²) in [5, 5.41) is 9.96. The van der Waals surface area contributed by atoms with Gasteiger partial charge >= 0.3 is 0 Å². The molecule has 290 valence electrons. The molecule has 0 unspecified atom stereocenters. The normalized spacial score (nSPS) is 11.9. The number of anilines is 3. The van der Waals surface area contributed by atoms with Crippen LogP contribution in [0.25, 0.3) is 97.1 Å². The molecule has 0 atom stereocenters. The molecule has 13 rings (SSSR count). The number of hydrogen-bond acceptors (Lipinski definition) is 2. The Bertz CT molecular complexity index is 3870. The summed E-state index contributed by atoms with van der Waals surface area (Å²) >= 11 is 1.86. The van der Waals surface area contributed by atoms with E-state index in [0.717, 1.165) is 34.0 Å². The lowest BCUT2D eigenvalue weighted by Crippen LogP contribution is -2.10. The first kappa shape index (κ1) is 34.9.